The zero-order chi connectivity index (χ0) is 13.9. The van der Waals surface area contributed by atoms with Crippen LogP contribution in [0, 0.1) is 5.41 Å². The highest BCUT2D eigenvalue weighted by Crippen LogP contribution is 2.43. The first kappa shape index (κ1) is 14.4. The van der Waals surface area contributed by atoms with Gasteiger partial charge in [0.15, 0.2) is 0 Å². The van der Waals surface area contributed by atoms with Gasteiger partial charge in [-0.05, 0) is 47.8 Å². The standard InChI is InChI=1S/C18H29N/c1-5-6-7-8-14-9-10-17-15(13-14)16(11-12-19-17)18(2,3)4/h9-10,13,16,19H,5-8,11-12H2,1-4H3. The lowest BCUT2D eigenvalue weighted by Crippen LogP contribution is -2.26. The molecule has 1 aliphatic rings. The third-order valence-electron chi connectivity index (χ3n) is 4.35. The van der Waals surface area contributed by atoms with Crippen LogP contribution in [0.15, 0.2) is 18.2 Å². The summed E-state index contributed by atoms with van der Waals surface area (Å²) in [4.78, 5) is 0. The van der Waals surface area contributed by atoms with Gasteiger partial charge in [0.25, 0.3) is 0 Å². The SMILES string of the molecule is CCCCCc1ccc2c(c1)C(C(C)(C)C)CCN2. The van der Waals surface area contributed by atoms with Crippen molar-refractivity contribution in [2.45, 2.75) is 65.7 Å². The van der Waals surface area contributed by atoms with Crippen molar-refractivity contribution in [2.24, 2.45) is 5.41 Å². The van der Waals surface area contributed by atoms with Crippen LogP contribution in [-0.2, 0) is 6.42 Å². The van der Waals surface area contributed by atoms with Gasteiger partial charge in [-0.15, -0.1) is 0 Å². The Labute approximate surface area is 118 Å². The molecule has 0 radical (unpaired) electrons. The van der Waals surface area contributed by atoms with Gasteiger partial charge in [-0.1, -0.05) is 52.7 Å². The maximum Gasteiger partial charge on any atom is 0.0375 e. The molecule has 1 N–H and O–H groups in total. The third-order valence-corrected chi connectivity index (χ3v) is 4.35. The second kappa shape index (κ2) is 5.98. The molecule has 0 aromatic heterocycles. The number of anilines is 1. The lowest BCUT2D eigenvalue weighted by Gasteiger charge is -2.36. The van der Waals surface area contributed by atoms with Gasteiger partial charge >= 0.3 is 0 Å². The summed E-state index contributed by atoms with van der Waals surface area (Å²) in [6, 6.07) is 7.08. The fraction of sp³-hybridized carbons (Fsp3) is 0.667. The molecule has 0 fully saturated rings. The second-order valence-electron chi connectivity index (χ2n) is 7.01. The number of aryl methyl sites for hydroxylation is 1. The van der Waals surface area contributed by atoms with Gasteiger partial charge in [-0.25, -0.2) is 0 Å². The molecule has 1 heterocycles. The van der Waals surface area contributed by atoms with Crippen LogP contribution in [0.25, 0.3) is 0 Å². The predicted octanol–water partition coefficient (Wildman–Crippen LogP) is 5.36. The van der Waals surface area contributed by atoms with E-state index in [0.717, 1.165) is 6.54 Å². The Balaban J connectivity index is 2.20. The molecule has 1 aromatic rings. The highest BCUT2D eigenvalue weighted by atomic mass is 14.9. The summed E-state index contributed by atoms with van der Waals surface area (Å²) in [5.74, 6) is 0.690. The minimum Gasteiger partial charge on any atom is -0.385 e. The highest BCUT2D eigenvalue weighted by molar-refractivity contribution is 5.56. The quantitative estimate of drug-likeness (QED) is 0.717. The van der Waals surface area contributed by atoms with Gasteiger partial charge < -0.3 is 5.32 Å². The molecule has 1 nitrogen and oxygen atoms in total. The van der Waals surface area contributed by atoms with Crippen molar-refractivity contribution in [1.29, 1.82) is 0 Å². The molecular weight excluding hydrogens is 230 g/mol. The molecule has 1 aromatic carbocycles. The van der Waals surface area contributed by atoms with E-state index in [2.05, 4.69) is 51.2 Å². The smallest absolute Gasteiger partial charge is 0.0375 e. The Morgan fingerprint density at radius 3 is 2.68 bits per heavy atom. The Kier molecular flexibility index (Phi) is 4.54. The van der Waals surface area contributed by atoms with Gasteiger partial charge in [0, 0.05) is 12.2 Å². The number of fused-ring (bicyclic) bond motifs is 1. The number of rotatable bonds is 4. The summed E-state index contributed by atoms with van der Waals surface area (Å²) in [5, 5.41) is 3.56. The van der Waals surface area contributed by atoms with Crippen LogP contribution >= 0.6 is 0 Å². The lowest BCUT2D eigenvalue weighted by molar-refractivity contribution is 0.305. The van der Waals surface area contributed by atoms with Crippen LogP contribution in [0.2, 0.25) is 0 Å². The molecule has 1 atom stereocenters. The van der Waals surface area contributed by atoms with Crippen LogP contribution in [0.1, 0.15) is 70.4 Å². The first-order valence-electron chi connectivity index (χ1n) is 7.89. The maximum atomic E-state index is 3.56. The monoisotopic (exact) mass is 259 g/mol. The van der Waals surface area contributed by atoms with Crippen LogP contribution in [0.5, 0.6) is 0 Å². The first-order chi connectivity index (χ1) is 9.02. The first-order valence-corrected chi connectivity index (χ1v) is 7.89. The van der Waals surface area contributed by atoms with Crippen molar-refractivity contribution in [3.05, 3.63) is 29.3 Å². The van der Waals surface area contributed by atoms with E-state index in [-0.39, 0.29) is 0 Å². The fourth-order valence-corrected chi connectivity index (χ4v) is 3.20. The summed E-state index contributed by atoms with van der Waals surface area (Å²) < 4.78 is 0. The van der Waals surface area contributed by atoms with Gasteiger partial charge in [0.05, 0.1) is 0 Å². The zero-order valence-corrected chi connectivity index (χ0v) is 13.1. The number of hydrogen-bond acceptors (Lipinski definition) is 1. The molecule has 1 heteroatoms. The van der Waals surface area contributed by atoms with E-state index in [1.807, 2.05) is 0 Å². The molecule has 0 spiro atoms. The van der Waals surface area contributed by atoms with Gasteiger partial charge in [-0.2, -0.15) is 0 Å². The number of benzene rings is 1. The van der Waals surface area contributed by atoms with Crippen LogP contribution in [0.3, 0.4) is 0 Å². The molecule has 19 heavy (non-hydrogen) atoms. The van der Waals surface area contributed by atoms with Crippen molar-refractivity contribution in [3.63, 3.8) is 0 Å². The average Bonchev–Trinajstić information content (AvgIpc) is 2.37. The van der Waals surface area contributed by atoms with E-state index in [1.165, 1.54) is 43.4 Å². The average molecular weight is 259 g/mol. The second-order valence-corrected chi connectivity index (χ2v) is 7.01. The van der Waals surface area contributed by atoms with Crippen LogP contribution < -0.4 is 5.32 Å². The Hall–Kier alpha value is -0.980. The molecule has 106 valence electrons. The molecule has 1 unspecified atom stereocenters. The molecule has 0 aliphatic carbocycles. The van der Waals surface area contributed by atoms with Crippen molar-refractivity contribution >= 4 is 5.69 Å². The molecule has 0 bridgehead atoms. The van der Waals surface area contributed by atoms with Crippen LogP contribution in [0.4, 0.5) is 5.69 Å². The summed E-state index contributed by atoms with van der Waals surface area (Å²) >= 11 is 0. The van der Waals surface area contributed by atoms with Crippen LogP contribution in [-0.4, -0.2) is 6.54 Å². The fourth-order valence-electron chi connectivity index (χ4n) is 3.20. The van der Waals surface area contributed by atoms with E-state index in [1.54, 1.807) is 5.56 Å². The molecule has 1 aliphatic heterocycles. The Morgan fingerprint density at radius 1 is 1.21 bits per heavy atom. The molecule has 0 saturated heterocycles. The molecule has 2 rings (SSSR count). The topological polar surface area (TPSA) is 12.0 Å². The van der Waals surface area contributed by atoms with Gasteiger partial charge in [-0.3, -0.25) is 0 Å². The van der Waals surface area contributed by atoms with Crippen molar-refractivity contribution < 1.29 is 0 Å². The van der Waals surface area contributed by atoms with Gasteiger partial charge in [0.2, 0.25) is 0 Å². The minimum absolute atomic E-state index is 0.360. The van der Waals surface area contributed by atoms with Crippen molar-refractivity contribution in [3.8, 4) is 0 Å². The summed E-state index contributed by atoms with van der Waals surface area (Å²) in [7, 11) is 0. The predicted molar refractivity (Wildman–Crippen MR) is 85.0 cm³/mol. The molecular formula is C18H29N. The van der Waals surface area contributed by atoms with E-state index in [0.29, 0.717) is 11.3 Å². The number of hydrogen-bond donors (Lipinski definition) is 1. The normalized spacial score (nSPS) is 18.8. The summed E-state index contributed by atoms with van der Waals surface area (Å²) in [6.07, 6.45) is 6.46. The van der Waals surface area contributed by atoms with Crippen molar-refractivity contribution in [1.82, 2.24) is 0 Å². The minimum atomic E-state index is 0.360. The number of unbranched alkanes of at least 4 members (excludes halogenated alkanes) is 2. The Bertz CT molecular complexity index is 414. The summed E-state index contributed by atoms with van der Waals surface area (Å²) in [6.45, 7) is 10.5. The zero-order valence-electron chi connectivity index (χ0n) is 13.1. The maximum absolute atomic E-state index is 3.56. The molecule has 0 amide bonds. The highest BCUT2D eigenvalue weighted by Gasteiger charge is 2.30. The lowest BCUT2D eigenvalue weighted by atomic mass is 9.72. The van der Waals surface area contributed by atoms with E-state index in [4.69, 9.17) is 0 Å². The Morgan fingerprint density at radius 2 is 2.00 bits per heavy atom. The van der Waals surface area contributed by atoms with E-state index < -0.39 is 0 Å². The van der Waals surface area contributed by atoms with Crippen molar-refractivity contribution in [2.75, 3.05) is 11.9 Å². The van der Waals surface area contributed by atoms with E-state index in [9.17, 15) is 0 Å². The number of nitrogens with one attached hydrogen (secondary N) is 1. The summed E-state index contributed by atoms with van der Waals surface area (Å²) in [5.41, 5.74) is 4.79. The largest absolute Gasteiger partial charge is 0.385 e. The van der Waals surface area contributed by atoms with Gasteiger partial charge in [0.1, 0.15) is 0 Å². The third kappa shape index (κ3) is 3.52. The van der Waals surface area contributed by atoms with E-state index >= 15 is 0 Å². The molecule has 0 saturated carbocycles.